The zero-order chi connectivity index (χ0) is 6.85. The summed E-state index contributed by atoms with van der Waals surface area (Å²) in [5, 5.41) is 0. The Kier molecular flexibility index (Phi) is 1.34. The Bertz CT molecular complexity index is 222. The molecule has 1 aromatic carbocycles. The molecular weight excluding hydrogens is 124 g/mol. The summed E-state index contributed by atoms with van der Waals surface area (Å²) in [7, 11) is 0. The van der Waals surface area contributed by atoms with Gasteiger partial charge in [-0.3, -0.25) is 0 Å². The van der Waals surface area contributed by atoms with E-state index in [9.17, 15) is 8.78 Å². The number of rotatable bonds is 0. The van der Waals surface area contributed by atoms with E-state index in [4.69, 9.17) is 5.73 Å². The van der Waals surface area contributed by atoms with Crippen LogP contribution in [0.25, 0.3) is 0 Å². The molecule has 0 unspecified atom stereocenters. The van der Waals surface area contributed by atoms with Gasteiger partial charge in [-0.25, -0.2) is 8.78 Å². The summed E-state index contributed by atoms with van der Waals surface area (Å²) in [6.45, 7) is 0. The van der Waals surface area contributed by atoms with Gasteiger partial charge in [-0.15, -0.1) is 0 Å². The molecule has 0 atom stereocenters. The number of nitrogen functional groups attached to an aromatic ring is 1. The molecule has 2 N–H and O–H groups in total. The van der Waals surface area contributed by atoms with Crippen LogP contribution in [0.2, 0.25) is 0 Å². The van der Waals surface area contributed by atoms with E-state index < -0.39 is 11.6 Å². The van der Waals surface area contributed by atoms with Crippen molar-refractivity contribution in [3.8, 4) is 0 Å². The molecule has 3 heteroatoms. The van der Waals surface area contributed by atoms with Crippen LogP contribution in [0.1, 0.15) is 0 Å². The van der Waals surface area contributed by atoms with Gasteiger partial charge in [0, 0.05) is 12.1 Å². The van der Waals surface area contributed by atoms with Crippen molar-refractivity contribution in [3.63, 3.8) is 0 Å². The molecule has 9 heavy (non-hydrogen) atoms. The lowest BCUT2D eigenvalue weighted by molar-refractivity contribution is 0.586. The highest BCUT2D eigenvalue weighted by atomic mass is 19.1. The molecule has 1 aromatic rings. The maximum atomic E-state index is 12.2. The Morgan fingerprint density at radius 3 is 2.56 bits per heavy atom. The van der Waals surface area contributed by atoms with Crippen LogP contribution >= 0.6 is 0 Å². The van der Waals surface area contributed by atoms with Crippen LogP contribution in [0.5, 0.6) is 0 Å². The number of hydrogen-bond acceptors (Lipinski definition) is 1. The highest BCUT2D eigenvalue weighted by molar-refractivity contribution is 5.37. The molecule has 0 amide bonds. The highest BCUT2D eigenvalue weighted by Gasteiger charge is 1.97. The molecule has 0 aromatic heterocycles. The Hall–Kier alpha value is -1.12. The molecule has 0 aliphatic carbocycles. The van der Waals surface area contributed by atoms with Crippen LogP contribution in [0.4, 0.5) is 14.5 Å². The average molecular weight is 128 g/mol. The Morgan fingerprint density at radius 2 is 2.11 bits per heavy atom. The molecule has 47 valence electrons. The minimum atomic E-state index is -0.769. The van der Waals surface area contributed by atoms with E-state index in [0.29, 0.717) is 6.07 Å². The molecule has 0 bridgehead atoms. The van der Waals surface area contributed by atoms with E-state index in [2.05, 4.69) is 6.07 Å². The summed E-state index contributed by atoms with van der Waals surface area (Å²) in [6.07, 6.45) is 0. The summed E-state index contributed by atoms with van der Waals surface area (Å²) < 4.78 is 24.2. The van der Waals surface area contributed by atoms with Gasteiger partial charge in [0.05, 0.1) is 5.69 Å². The third-order valence-corrected chi connectivity index (χ3v) is 0.887. The van der Waals surface area contributed by atoms with Gasteiger partial charge in [-0.2, -0.15) is 0 Å². The third-order valence-electron chi connectivity index (χ3n) is 0.887. The van der Waals surface area contributed by atoms with Crippen LogP contribution in [0, 0.1) is 17.7 Å². The Balaban J connectivity index is 3.17. The second-order valence-corrected chi connectivity index (χ2v) is 1.58. The molecule has 0 aliphatic rings. The fourth-order valence-electron chi connectivity index (χ4n) is 0.456. The lowest BCUT2D eigenvalue weighted by Gasteiger charge is -1.91. The van der Waals surface area contributed by atoms with E-state index >= 15 is 0 Å². The summed E-state index contributed by atoms with van der Waals surface area (Å²) >= 11 is 0. The Morgan fingerprint density at radius 1 is 1.44 bits per heavy atom. The molecule has 0 aliphatic heterocycles. The molecule has 0 saturated heterocycles. The van der Waals surface area contributed by atoms with Gasteiger partial charge in [-0.1, -0.05) is 0 Å². The smallest absolute Gasteiger partial charge is 0.149 e. The second-order valence-electron chi connectivity index (χ2n) is 1.58. The van der Waals surface area contributed by atoms with Crippen molar-refractivity contribution in [2.45, 2.75) is 0 Å². The van der Waals surface area contributed by atoms with Gasteiger partial charge in [0.15, 0.2) is 0 Å². The third kappa shape index (κ3) is 1.16. The highest BCUT2D eigenvalue weighted by Crippen LogP contribution is 2.08. The summed E-state index contributed by atoms with van der Waals surface area (Å²) in [6, 6.07) is 3.89. The van der Waals surface area contributed by atoms with E-state index in [1.807, 2.05) is 0 Å². The normalized spacial score (nSPS) is 9.56. The molecule has 1 rings (SSSR count). The first-order chi connectivity index (χ1) is 4.20. The second kappa shape index (κ2) is 2.01. The van der Waals surface area contributed by atoms with E-state index in [0.717, 1.165) is 6.07 Å². The lowest BCUT2D eigenvalue weighted by atomic mass is 10.3. The van der Waals surface area contributed by atoms with Crippen LogP contribution in [0.3, 0.4) is 0 Å². The van der Waals surface area contributed by atoms with Crippen molar-refractivity contribution in [2.75, 3.05) is 5.73 Å². The number of benzene rings is 1. The number of halogens is 2. The zero-order valence-electron chi connectivity index (χ0n) is 4.49. The molecule has 1 radical (unpaired) electrons. The molecule has 0 fully saturated rings. The number of hydrogen-bond donors (Lipinski definition) is 1. The molecule has 1 nitrogen and oxygen atoms in total. The maximum Gasteiger partial charge on any atom is 0.149 e. The minimum absolute atomic E-state index is 0.156. The quantitative estimate of drug-likeness (QED) is 0.524. The minimum Gasteiger partial charge on any atom is -0.396 e. The van der Waals surface area contributed by atoms with Gasteiger partial charge >= 0.3 is 0 Å². The molecule has 0 spiro atoms. The standard InChI is InChI=1S/C6H4F2N/c7-4-1-2-6(9)5(8)3-4/h1,3H,9H2. The van der Waals surface area contributed by atoms with Crippen LogP contribution < -0.4 is 5.73 Å². The molecule has 0 saturated carbocycles. The predicted octanol–water partition coefficient (Wildman–Crippen LogP) is 1.35. The average Bonchev–Trinajstić information content (AvgIpc) is 1.80. The number of nitrogens with two attached hydrogens (primary N) is 1. The van der Waals surface area contributed by atoms with E-state index in [1.54, 1.807) is 0 Å². The lowest BCUT2D eigenvalue weighted by Crippen LogP contribution is -1.90. The number of anilines is 1. The van der Waals surface area contributed by atoms with Gasteiger partial charge < -0.3 is 5.73 Å². The van der Waals surface area contributed by atoms with Crippen LogP contribution in [0.15, 0.2) is 12.1 Å². The zero-order valence-corrected chi connectivity index (χ0v) is 4.49. The van der Waals surface area contributed by atoms with Gasteiger partial charge in [0.25, 0.3) is 0 Å². The van der Waals surface area contributed by atoms with Crippen molar-refractivity contribution >= 4 is 5.69 Å². The van der Waals surface area contributed by atoms with Crippen molar-refractivity contribution in [1.29, 1.82) is 0 Å². The topological polar surface area (TPSA) is 26.0 Å². The van der Waals surface area contributed by atoms with Gasteiger partial charge in [-0.05, 0) is 6.07 Å². The fraction of sp³-hybridized carbons (Fsp3) is 0. The SMILES string of the molecule is Nc1[c]cc(F)cc1F. The van der Waals surface area contributed by atoms with Crippen LogP contribution in [-0.2, 0) is 0 Å². The van der Waals surface area contributed by atoms with E-state index in [-0.39, 0.29) is 5.69 Å². The monoisotopic (exact) mass is 128 g/mol. The summed E-state index contributed by atoms with van der Waals surface area (Å²) in [5.74, 6) is -1.43. The van der Waals surface area contributed by atoms with Gasteiger partial charge in [0.1, 0.15) is 11.6 Å². The van der Waals surface area contributed by atoms with Crippen LogP contribution in [-0.4, -0.2) is 0 Å². The van der Waals surface area contributed by atoms with E-state index in [1.165, 1.54) is 0 Å². The predicted molar refractivity (Wildman–Crippen MR) is 29.6 cm³/mol. The Labute approximate surface area is 51.1 Å². The first-order valence-electron chi connectivity index (χ1n) is 2.32. The first kappa shape index (κ1) is 6.01. The van der Waals surface area contributed by atoms with Crippen molar-refractivity contribution in [1.82, 2.24) is 0 Å². The van der Waals surface area contributed by atoms with Crippen molar-refractivity contribution in [2.24, 2.45) is 0 Å². The van der Waals surface area contributed by atoms with Gasteiger partial charge in [0.2, 0.25) is 0 Å². The maximum absolute atomic E-state index is 12.2. The molecule has 0 heterocycles. The summed E-state index contributed by atoms with van der Waals surface area (Å²) in [5.41, 5.74) is 4.84. The first-order valence-corrected chi connectivity index (χ1v) is 2.32. The fourth-order valence-corrected chi connectivity index (χ4v) is 0.456. The largest absolute Gasteiger partial charge is 0.396 e. The molecular formula is C6H4F2N. The summed E-state index contributed by atoms with van der Waals surface area (Å²) in [4.78, 5) is 0. The van der Waals surface area contributed by atoms with Crippen molar-refractivity contribution < 1.29 is 8.78 Å². The van der Waals surface area contributed by atoms with Crippen molar-refractivity contribution in [3.05, 3.63) is 29.8 Å².